The Morgan fingerprint density at radius 2 is 2.29 bits per heavy atom. The van der Waals surface area contributed by atoms with Gasteiger partial charge in [0.15, 0.2) is 0 Å². The second-order valence-corrected chi connectivity index (χ2v) is 3.88. The zero-order valence-electron chi connectivity index (χ0n) is 9.01. The summed E-state index contributed by atoms with van der Waals surface area (Å²) in [6.45, 7) is 8.78. The molecule has 0 bridgehead atoms. The van der Waals surface area contributed by atoms with Crippen LogP contribution in [0, 0.1) is 5.92 Å². The second-order valence-electron chi connectivity index (χ2n) is 3.88. The van der Waals surface area contributed by atoms with Crippen molar-refractivity contribution in [1.82, 2.24) is 5.32 Å². The lowest BCUT2D eigenvalue weighted by Gasteiger charge is -2.16. The van der Waals surface area contributed by atoms with Crippen LogP contribution in [0.2, 0.25) is 0 Å². The number of nitrogens with one attached hydrogen (secondary N) is 1. The minimum absolute atomic E-state index is 0.208. The first-order chi connectivity index (χ1) is 6.65. The van der Waals surface area contributed by atoms with Gasteiger partial charge in [-0.15, -0.1) is 0 Å². The Bertz CT molecular complexity index is 221. The van der Waals surface area contributed by atoms with Crippen LogP contribution in [0.25, 0.3) is 0 Å². The van der Waals surface area contributed by atoms with Crippen LogP contribution in [0.15, 0.2) is 12.2 Å². The number of carbonyl (C=O) groups is 1. The van der Waals surface area contributed by atoms with E-state index in [0.29, 0.717) is 6.61 Å². The van der Waals surface area contributed by atoms with Crippen molar-refractivity contribution in [2.45, 2.75) is 32.7 Å². The van der Waals surface area contributed by atoms with E-state index in [4.69, 9.17) is 4.74 Å². The Morgan fingerprint density at radius 3 is 2.71 bits per heavy atom. The van der Waals surface area contributed by atoms with E-state index >= 15 is 0 Å². The third-order valence-electron chi connectivity index (χ3n) is 2.32. The Hall–Kier alpha value is -0.830. The molecule has 0 radical (unpaired) electrons. The van der Waals surface area contributed by atoms with Crippen LogP contribution < -0.4 is 5.32 Å². The summed E-state index contributed by atoms with van der Waals surface area (Å²) < 4.78 is 4.96. The van der Waals surface area contributed by atoms with Crippen molar-refractivity contribution in [3.05, 3.63) is 12.2 Å². The molecule has 0 amide bonds. The molecule has 3 nitrogen and oxygen atoms in total. The summed E-state index contributed by atoms with van der Waals surface area (Å²) in [5, 5.41) is 3.19. The standard InChI is InChI=1S/C11H19NO2/c1-4-14-11(13)10(8(2)3)12-7-9-5-6-9/h9-10,12H,2,4-7H2,1,3H3. The van der Waals surface area contributed by atoms with E-state index in [0.717, 1.165) is 18.0 Å². The van der Waals surface area contributed by atoms with Gasteiger partial charge in [-0.05, 0) is 39.2 Å². The van der Waals surface area contributed by atoms with Gasteiger partial charge < -0.3 is 10.1 Å². The zero-order chi connectivity index (χ0) is 10.6. The SMILES string of the molecule is C=C(C)C(NCC1CC1)C(=O)OCC. The number of hydrogen-bond acceptors (Lipinski definition) is 3. The molecule has 14 heavy (non-hydrogen) atoms. The summed E-state index contributed by atoms with van der Waals surface area (Å²) in [4.78, 5) is 11.5. The number of carbonyl (C=O) groups excluding carboxylic acids is 1. The first kappa shape index (κ1) is 11.2. The average Bonchev–Trinajstić information content (AvgIpc) is 2.88. The van der Waals surface area contributed by atoms with Gasteiger partial charge in [-0.25, -0.2) is 4.79 Å². The predicted molar refractivity (Wildman–Crippen MR) is 56.0 cm³/mol. The van der Waals surface area contributed by atoms with E-state index in [9.17, 15) is 4.79 Å². The fraction of sp³-hybridized carbons (Fsp3) is 0.727. The smallest absolute Gasteiger partial charge is 0.327 e. The van der Waals surface area contributed by atoms with Gasteiger partial charge in [-0.1, -0.05) is 12.2 Å². The normalized spacial score (nSPS) is 17.6. The maximum Gasteiger partial charge on any atom is 0.327 e. The summed E-state index contributed by atoms with van der Waals surface area (Å²) in [6.07, 6.45) is 2.55. The van der Waals surface area contributed by atoms with Crippen molar-refractivity contribution in [3.8, 4) is 0 Å². The first-order valence-corrected chi connectivity index (χ1v) is 5.20. The molecule has 1 fully saturated rings. The van der Waals surface area contributed by atoms with Gasteiger partial charge in [0, 0.05) is 0 Å². The summed E-state index contributed by atoms with van der Waals surface area (Å²) >= 11 is 0. The molecule has 0 saturated heterocycles. The Kier molecular flexibility index (Phi) is 4.14. The van der Waals surface area contributed by atoms with Crippen molar-refractivity contribution in [3.63, 3.8) is 0 Å². The predicted octanol–water partition coefficient (Wildman–Crippen LogP) is 1.49. The van der Waals surface area contributed by atoms with E-state index < -0.39 is 0 Å². The molecule has 80 valence electrons. The Morgan fingerprint density at radius 1 is 1.64 bits per heavy atom. The number of ether oxygens (including phenoxy) is 1. The van der Waals surface area contributed by atoms with E-state index in [1.165, 1.54) is 12.8 Å². The van der Waals surface area contributed by atoms with E-state index in [2.05, 4.69) is 11.9 Å². The molecule has 0 spiro atoms. The second kappa shape index (κ2) is 5.15. The molecular formula is C11H19NO2. The van der Waals surface area contributed by atoms with Gasteiger partial charge >= 0.3 is 5.97 Å². The molecule has 1 N–H and O–H groups in total. The lowest BCUT2D eigenvalue weighted by Crippen LogP contribution is -2.39. The fourth-order valence-corrected chi connectivity index (χ4v) is 1.29. The van der Waals surface area contributed by atoms with Crippen molar-refractivity contribution < 1.29 is 9.53 Å². The van der Waals surface area contributed by atoms with Crippen LogP contribution >= 0.6 is 0 Å². The molecule has 1 saturated carbocycles. The number of rotatable bonds is 6. The lowest BCUT2D eigenvalue weighted by molar-refractivity contribution is -0.144. The Labute approximate surface area is 85.5 Å². The van der Waals surface area contributed by atoms with Gasteiger partial charge in [-0.3, -0.25) is 0 Å². The number of esters is 1. The third kappa shape index (κ3) is 3.50. The average molecular weight is 197 g/mol. The summed E-state index contributed by atoms with van der Waals surface area (Å²) in [5.41, 5.74) is 0.823. The maximum absolute atomic E-state index is 11.5. The molecule has 0 heterocycles. The molecule has 1 unspecified atom stereocenters. The highest BCUT2D eigenvalue weighted by Crippen LogP contribution is 2.27. The summed E-state index contributed by atoms with van der Waals surface area (Å²) in [5.74, 6) is 0.548. The van der Waals surface area contributed by atoms with Crippen molar-refractivity contribution in [2.24, 2.45) is 5.92 Å². The lowest BCUT2D eigenvalue weighted by atomic mass is 10.1. The van der Waals surface area contributed by atoms with Crippen LogP contribution in [0.4, 0.5) is 0 Å². The highest BCUT2D eigenvalue weighted by atomic mass is 16.5. The van der Waals surface area contributed by atoms with Crippen molar-refractivity contribution in [2.75, 3.05) is 13.2 Å². The zero-order valence-corrected chi connectivity index (χ0v) is 9.01. The summed E-state index contributed by atoms with van der Waals surface area (Å²) in [7, 11) is 0. The van der Waals surface area contributed by atoms with Crippen LogP contribution in [-0.2, 0) is 9.53 Å². The van der Waals surface area contributed by atoms with E-state index in [-0.39, 0.29) is 12.0 Å². The largest absolute Gasteiger partial charge is 0.465 e. The van der Waals surface area contributed by atoms with E-state index in [1.807, 2.05) is 13.8 Å². The first-order valence-electron chi connectivity index (χ1n) is 5.20. The minimum atomic E-state index is -0.324. The quantitative estimate of drug-likeness (QED) is 0.518. The minimum Gasteiger partial charge on any atom is -0.465 e. The molecule has 0 aromatic heterocycles. The van der Waals surface area contributed by atoms with E-state index in [1.54, 1.807) is 0 Å². The van der Waals surface area contributed by atoms with Crippen molar-refractivity contribution in [1.29, 1.82) is 0 Å². The third-order valence-corrected chi connectivity index (χ3v) is 2.32. The summed E-state index contributed by atoms with van der Waals surface area (Å²) in [6, 6.07) is -0.324. The highest BCUT2D eigenvalue weighted by molar-refractivity contribution is 5.79. The van der Waals surface area contributed by atoms with Gasteiger partial charge in [0.2, 0.25) is 0 Å². The molecule has 0 aliphatic heterocycles. The molecule has 1 atom stereocenters. The molecule has 0 aromatic rings. The fourth-order valence-electron chi connectivity index (χ4n) is 1.29. The highest BCUT2D eigenvalue weighted by Gasteiger charge is 2.25. The molecular weight excluding hydrogens is 178 g/mol. The van der Waals surface area contributed by atoms with Gasteiger partial charge in [0.1, 0.15) is 6.04 Å². The maximum atomic E-state index is 11.5. The molecule has 1 aliphatic carbocycles. The molecule has 0 aromatic carbocycles. The van der Waals surface area contributed by atoms with Crippen molar-refractivity contribution >= 4 is 5.97 Å². The van der Waals surface area contributed by atoms with Gasteiger partial charge in [-0.2, -0.15) is 0 Å². The molecule has 3 heteroatoms. The Balaban J connectivity index is 2.35. The number of hydrogen-bond donors (Lipinski definition) is 1. The van der Waals surface area contributed by atoms with Crippen LogP contribution in [-0.4, -0.2) is 25.2 Å². The molecule has 1 aliphatic rings. The van der Waals surface area contributed by atoms with Gasteiger partial charge in [0.25, 0.3) is 0 Å². The van der Waals surface area contributed by atoms with Crippen LogP contribution in [0.1, 0.15) is 26.7 Å². The monoisotopic (exact) mass is 197 g/mol. The van der Waals surface area contributed by atoms with Gasteiger partial charge in [0.05, 0.1) is 6.61 Å². The van der Waals surface area contributed by atoms with Crippen LogP contribution in [0.3, 0.4) is 0 Å². The molecule has 1 rings (SSSR count). The topological polar surface area (TPSA) is 38.3 Å². The van der Waals surface area contributed by atoms with Crippen LogP contribution in [0.5, 0.6) is 0 Å².